The Bertz CT molecular complexity index is 539. The third-order valence-electron chi connectivity index (χ3n) is 2.23. The highest BCUT2D eigenvalue weighted by Gasteiger charge is 2.25. The third kappa shape index (κ3) is 2.56. The average Bonchev–Trinajstić information content (AvgIpc) is 2.29. The predicted octanol–water partition coefficient (Wildman–Crippen LogP) is 0.393. The molecule has 92 valence electrons. The molecule has 1 aliphatic heterocycles. The van der Waals surface area contributed by atoms with E-state index in [0.29, 0.717) is 18.8 Å². The topological polar surface area (TPSA) is 79.8 Å². The normalized spacial score (nSPS) is 19.2. The lowest BCUT2D eigenvalue weighted by Crippen LogP contribution is -2.40. The standard InChI is InChI=1S/C10H13N3O3S/c1-16-7-6-11-10-12-8-4-2-3-5-9(8)17(14,15)13-10/h2-5H,6-7H2,1H3,(H2,11,12,13). The summed E-state index contributed by atoms with van der Waals surface area (Å²) in [6.07, 6.45) is 0. The Morgan fingerprint density at radius 1 is 1.35 bits per heavy atom. The SMILES string of the molecule is COCCN=C1Nc2ccccc2S(=O)(=O)N1. The van der Waals surface area contributed by atoms with Gasteiger partial charge in [0, 0.05) is 7.11 Å². The molecule has 0 unspecified atom stereocenters. The van der Waals surface area contributed by atoms with Gasteiger partial charge in [-0.15, -0.1) is 0 Å². The Kier molecular flexibility index (Phi) is 3.30. The lowest BCUT2D eigenvalue weighted by Gasteiger charge is -2.21. The molecular weight excluding hydrogens is 242 g/mol. The molecule has 1 aromatic rings. The lowest BCUT2D eigenvalue weighted by molar-refractivity contribution is 0.208. The van der Waals surface area contributed by atoms with E-state index in [2.05, 4.69) is 15.0 Å². The smallest absolute Gasteiger partial charge is 0.266 e. The van der Waals surface area contributed by atoms with E-state index in [4.69, 9.17) is 4.74 Å². The number of ether oxygens (including phenoxy) is 1. The summed E-state index contributed by atoms with van der Waals surface area (Å²) >= 11 is 0. The number of hydrogen-bond acceptors (Lipinski definition) is 4. The summed E-state index contributed by atoms with van der Waals surface area (Å²) in [7, 11) is -1.95. The molecule has 0 aliphatic carbocycles. The van der Waals surface area contributed by atoms with Gasteiger partial charge in [0.1, 0.15) is 4.90 Å². The van der Waals surface area contributed by atoms with Gasteiger partial charge in [0.05, 0.1) is 18.8 Å². The quantitative estimate of drug-likeness (QED) is 0.766. The molecule has 0 atom stereocenters. The molecule has 1 aromatic carbocycles. The van der Waals surface area contributed by atoms with Crippen molar-refractivity contribution in [2.24, 2.45) is 4.99 Å². The fraction of sp³-hybridized carbons (Fsp3) is 0.300. The number of fused-ring (bicyclic) bond motifs is 1. The number of para-hydroxylation sites is 1. The molecule has 0 saturated carbocycles. The lowest BCUT2D eigenvalue weighted by atomic mass is 10.3. The number of methoxy groups -OCH3 is 1. The van der Waals surface area contributed by atoms with Crippen LogP contribution in [-0.4, -0.2) is 34.6 Å². The molecule has 0 radical (unpaired) electrons. The number of anilines is 1. The van der Waals surface area contributed by atoms with Gasteiger partial charge in [-0.05, 0) is 12.1 Å². The zero-order valence-electron chi connectivity index (χ0n) is 9.30. The molecule has 6 nitrogen and oxygen atoms in total. The number of guanidine groups is 1. The zero-order valence-corrected chi connectivity index (χ0v) is 10.1. The number of hydrogen-bond donors (Lipinski definition) is 2. The first-order chi connectivity index (χ1) is 8.13. The summed E-state index contributed by atoms with van der Waals surface area (Å²) in [4.78, 5) is 4.29. The van der Waals surface area contributed by atoms with Crippen LogP contribution in [0.15, 0.2) is 34.2 Å². The van der Waals surface area contributed by atoms with E-state index >= 15 is 0 Å². The predicted molar refractivity (Wildman–Crippen MR) is 64.6 cm³/mol. The van der Waals surface area contributed by atoms with E-state index < -0.39 is 10.0 Å². The summed E-state index contributed by atoms with van der Waals surface area (Å²) in [5.41, 5.74) is 0.530. The van der Waals surface area contributed by atoms with Crippen molar-refractivity contribution < 1.29 is 13.2 Å². The van der Waals surface area contributed by atoms with Gasteiger partial charge in [-0.25, -0.2) is 18.1 Å². The van der Waals surface area contributed by atoms with Crippen molar-refractivity contribution in [3.8, 4) is 0 Å². The molecule has 2 rings (SSSR count). The molecule has 17 heavy (non-hydrogen) atoms. The van der Waals surface area contributed by atoms with E-state index in [1.54, 1.807) is 25.3 Å². The van der Waals surface area contributed by atoms with E-state index in [-0.39, 0.29) is 10.9 Å². The van der Waals surface area contributed by atoms with E-state index in [1.807, 2.05) is 0 Å². The maximum absolute atomic E-state index is 11.9. The molecule has 0 saturated heterocycles. The van der Waals surface area contributed by atoms with Gasteiger partial charge < -0.3 is 10.1 Å². The summed E-state index contributed by atoms with van der Waals surface area (Å²) in [6.45, 7) is 0.831. The Morgan fingerprint density at radius 2 is 2.12 bits per heavy atom. The average molecular weight is 255 g/mol. The number of rotatable bonds is 3. The second kappa shape index (κ2) is 4.72. The van der Waals surface area contributed by atoms with Crippen LogP contribution in [0.4, 0.5) is 5.69 Å². The molecule has 0 spiro atoms. The van der Waals surface area contributed by atoms with Crippen LogP contribution in [0.25, 0.3) is 0 Å². The molecule has 0 aromatic heterocycles. The molecule has 1 aliphatic rings. The summed E-state index contributed by atoms with van der Waals surface area (Å²) in [6, 6.07) is 6.67. The van der Waals surface area contributed by atoms with Crippen LogP contribution in [-0.2, 0) is 14.8 Å². The highest BCUT2D eigenvalue weighted by molar-refractivity contribution is 7.90. The minimum absolute atomic E-state index is 0.223. The van der Waals surface area contributed by atoms with Crippen molar-refractivity contribution in [1.82, 2.24) is 4.72 Å². The Hall–Kier alpha value is -1.60. The maximum atomic E-state index is 11.9. The van der Waals surface area contributed by atoms with Crippen molar-refractivity contribution in [1.29, 1.82) is 0 Å². The first-order valence-corrected chi connectivity index (χ1v) is 6.54. The van der Waals surface area contributed by atoms with E-state index in [1.165, 1.54) is 6.07 Å². The first-order valence-electron chi connectivity index (χ1n) is 5.06. The summed E-state index contributed by atoms with van der Waals surface area (Å²) < 4.78 is 30.9. The minimum atomic E-state index is -3.51. The second-order valence-corrected chi connectivity index (χ2v) is 5.10. The number of sulfonamides is 1. The fourth-order valence-corrected chi connectivity index (χ4v) is 2.61. The van der Waals surface area contributed by atoms with Crippen LogP contribution >= 0.6 is 0 Å². The van der Waals surface area contributed by atoms with Gasteiger partial charge in [0.15, 0.2) is 0 Å². The summed E-state index contributed by atoms with van der Waals surface area (Å²) in [5, 5.41) is 2.92. The van der Waals surface area contributed by atoms with Crippen molar-refractivity contribution in [3.05, 3.63) is 24.3 Å². The highest BCUT2D eigenvalue weighted by Crippen LogP contribution is 2.23. The van der Waals surface area contributed by atoms with Crippen LogP contribution in [0.1, 0.15) is 0 Å². The Labute approximate surface area is 99.8 Å². The monoisotopic (exact) mass is 255 g/mol. The summed E-state index contributed by atoms with van der Waals surface area (Å²) in [5.74, 6) is 0.223. The van der Waals surface area contributed by atoms with Gasteiger partial charge in [-0.1, -0.05) is 12.1 Å². The molecule has 7 heteroatoms. The van der Waals surface area contributed by atoms with Crippen LogP contribution in [0.5, 0.6) is 0 Å². The molecule has 2 N–H and O–H groups in total. The number of nitrogens with one attached hydrogen (secondary N) is 2. The van der Waals surface area contributed by atoms with Gasteiger partial charge in [0.2, 0.25) is 5.96 Å². The molecule has 0 amide bonds. The van der Waals surface area contributed by atoms with E-state index in [9.17, 15) is 8.42 Å². The highest BCUT2D eigenvalue weighted by atomic mass is 32.2. The third-order valence-corrected chi connectivity index (χ3v) is 3.62. The minimum Gasteiger partial charge on any atom is -0.383 e. The Balaban J connectivity index is 2.29. The maximum Gasteiger partial charge on any atom is 0.266 e. The molecule has 0 fully saturated rings. The van der Waals surface area contributed by atoms with Crippen molar-refractivity contribution >= 4 is 21.7 Å². The van der Waals surface area contributed by atoms with Crippen LogP contribution in [0.3, 0.4) is 0 Å². The zero-order chi connectivity index (χ0) is 12.3. The van der Waals surface area contributed by atoms with Gasteiger partial charge >= 0.3 is 0 Å². The molecule has 1 heterocycles. The number of nitrogens with zero attached hydrogens (tertiary/aromatic N) is 1. The van der Waals surface area contributed by atoms with Gasteiger partial charge in [-0.2, -0.15) is 0 Å². The molecular formula is C10H13N3O3S. The van der Waals surface area contributed by atoms with Crippen LogP contribution < -0.4 is 10.0 Å². The van der Waals surface area contributed by atoms with Crippen LogP contribution in [0, 0.1) is 0 Å². The van der Waals surface area contributed by atoms with Gasteiger partial charge in [0.25, 0.3) is 10.0 Å². The first kappa shape index (κ1) is 11.9. The van der Waals surface area contributed by atoms with Crippen LogP contribution in [0.2, 0.25) is 0 Å². The number of benzene rings is 1. The van der Waals surface area contributed by atoms with Gasteiger partial charge in [-0.3, -0.25) is 0 Å². The second-order valence-electron chi connectivity index (χ2n) is 3.45. The van der Waals surface area contributed by atoms with Crippen molar-refractivity contribution in [3.63, 3.8) is 0 Å². The van der Waals surface area contributed by atoms with Crippen molar-refractivity contribution in [2.75, 3.05) is 25.6 Å². The number of aliphatic imine (C=N–C) groups is 1. The molecule has 0 bridgehead atoms. The van der Waals surface area contributed by atoms with Crippen molar-refractivity contribution in [2.45, 2.75) is 4.90 Å². The Morgan fingerprint density at radius 3 is 2.88 bits per heavy atom. The fourth-order valence-electron chi connectivity index (χ4n) is 1.46. The van der Waals surface area contributed by atoms with E-state index in [0.717, 1.165) is 0 Å². The largest absolute Gasteiger partial charge is 0.383 e.